The molecule has 0 spiro atoms. The van der Waals surface area contributed by atoms with Crippen molar-refractivity contribution >= 4 is 5.91 Å². The average Bonchev–Trinajstić information content (AvgIpc) is 3.16. The number of hydrogen-bond donors (Lipinski definition) is 1. The first-order valence-corrected chi connectivity index (χ1v) is 9.86. The zero-order valence-electron chi connectivity index (χ0n) is 17.0. The van der Waals surface area contributed by atoms with Crippen molar-refractivity contribution in [1.29, 1.82) is 0 Å². The predicted octanol–water partition coefficient (Wildman–Crippen LogP) is 1.71. The summed E-state index contributed by atoms with van der Waals surface area (Å²) in [6.07, 6.45) is 1.29. The number of fused-ring (bicyclic) bond motifs is 1. The van der Waals surface area contributed by atoms with Gasteiger partial charge >= 0.3 is 0 Å². The largest absolute Gasteiger partial charge is 0.372 e. The molecule has 156 valence electrons. The molecule has 8 nitrogen and oxygen atoms in total. The highest BCUT2D eigenvalue weighted by molar-refractivity contribution is 5.72. The van der Waals surface area contributed by atoms with Crippen molar-refractivity contribution in [3.63, 3.8) is 0 Å². The van der Waals surface area contributed by atoms with Crippen LogP contribution >= 0.6 is 0 Å². The fourth-order valence-electron chi connectivity index (χ4n) is 3.76. The first-order chi connectivity index (χ1) is 12.7. The second kappa shape index (κ2) is 8.31. The molecular weight excluding hydrogens is 354 g/mol. The summed E-state index contributed by atoms with van der Waals surface area (Å²) in [6, 6.07) is 0. The maximum atomic E-state index is 10.9. The first kappa shape index (κ1) is 21.0. The molecule has 3 heterocycles. The standard InChI is InChI=1S/C19H33NO7/c1-12(21)20-9-7-6-8-10-22-15-14(13-11-23-18(2,3)25-13)24-17-16(15)26-19(4,5)27-17/h13-17H,6-11H2,1-5H3,(H,20,21). The topological polar surface area (TPSA) is 84.5 Å². The van der Waals surface area contributed by atoms with Crippen LogP contribution in [0.4, 0.5) is 0 Å². The lowest BCUT2D eigenvalue weighted by Crippen LogP contribution is -2.44. The van der Waals surface area contributed by atoms with E-state index in [0.717, 1.165) is 19.3 Å². The van der Waals surface area contributed by atoms with Gasteiger partial charge in [0.25, 0.3) is 0 Å². The summed E-state index contributed by atoms with van der Waals surface area (Å²) in [4.78, 5) is 10.9. The Morgan fingerprint density at radius 1 is 1.04 bits per heavy atom. The third-order valence-corrected chi connectivity index (χ3v) is 4.93. The molecule has 5 atom stereocenters. The van der Waals surface area contributed by atoms with Crippen LogP contribution in [0.2, 0.25) is 0 Å². The van der Waals surface area contributed by atoms with Gasteiger partial charge in [-0.05, 0) is 47.0 Å². The molecule has 27 heavy (non-hydrogen) atoms. The van der Waals surface area contributed by atoms with Gasteiger partial charge in [0, 0.05) is 20.1 Å². The Balaban J connectivity index is 1.51. The van der Waals surface area contributed by atoms with E-state index in [9.17, 15) is 4.79 Å². The molecule has 3 saturated heterocycles. The van der Waals surface area contributed by atoms with Gasteiger partial charge in [0.1, 0.15) is 24.4 Å². The van der Waals surface area contributed by atoms with Crippen LogP contribution in [0.3, 0.4) is 0 Å². The Kier molecular flexibility index (Phi) is 6.45. The maximum Gasteiger partial charge on any atom is 0.216 e. The minimum absolute atomic E-state index is 0.00550. The van der Waals surface area contributed by atoms with E-state index in [2.05, 4.69) is 5.32 Å². The fourth-order valence-corrected chi connectivity index (χ4v) is 3.76. The molecule has 0 saturated carbocycles. The monoisotopic (exact) mass is 387 g/mol. The second-order valence-corrected chi connectivity index (χ2v) is 8.32. The summed E-state index contributed by atoms with van der Waals surface area (Å²) < 4.78 is 35.9. The van der Waals surface area contributed by atoms with E-state index in [4.69, 9.17) is 28.4 Å². The number of hydrogen-bond acceptors (Lipinski definition) is 7. The number of unbranched alkanes of at least 4 members (excludes halogenated alkanes) is 2. The van der Waals surface area contributed by atoms with Crippen molar-refractivity contribution in [2.75, 3.05) is 19.8 Å². The fraction of sp³-hybridized carbons (Fsp3) is 0.947. The van der Waals surface area contributed by atoms with E-state index in [1.165, 1.54) is 6.92 Å². The Hall–Kier alpha value is -0.770. The van der Waals surface area contributed by atoms with Crippen molar-refractivity contribution in [3.05, 3.63) is 0 Å². The molecule has 0 radical (unpaired) electrons. The Labute approximate surface area is 161 Å². The van der Waals surface area contributed by atoms with Gasteiger partial charge < -0.3 is 33.7 Å². The third-order valence-electron chi connectivity index (χ3n) is 4.93. The van der Waals surface area contributed by atoms with Crippen LogP contribution in [0, 0.1) is 0 Å². The minimum atomic E-state index is -0.688. The first-order valence-electron chi connectivity index (χ1n) is 9.86. The van der Waals surface area contributed by atoms with Gasteiger partial charge in [0.15, 0.2) is 17.9 Å². The Morgan fingerprint density at radius 2 is 1.81 bits per heavy atom. The van der Waals surface area contributed by atoms with Crippen LogP contribution in [0.15, 0.2) is 0 Å². The van der Waals surface area contributed by atoms with Gasteiger partial charge in [0.2, 0.25) is 5.91 Å². The average molecular weight is 387 g/mol. The Morgan fingerprint density at radius 3 is 2.48 bits per heavy atom. The van der Waals surface area contributed by atoms with Crippen molar-refractivity contribution in [2.24, 2.45) is 0 Å². The quantitative estimate of drug-likeness (QED) is 0.635. The van der Waals surface area contributed by atoms with Crippen LogP contribution in [0.25, 0.3) is 0 Å². The van der Waals surface area contributed by atoms with Crippen LogP contribution in [-0.4, -0.2) is 67.9 Å². The number of amides is 1. The van der Waals surface area contributed by atoms with Gasteiger partial charge in [-0.2, -0.15) is 0 Å². The van der Waals surface area contributed by atoms with Crippen molar-refractivity contribution in [2.45, 2.75) is 96.2 Å². The van der Waals surface area contributed by atoms with Crippen LogP contribution in [-0.2, 0) is 33.2 Å². The minimum Gasteiger partial charge on any atom is -0.372 e. The molecule has 0 aromatic rings. The molecular formula is C19H33NO7. The van der Waals surface area contributed by atoms with E-state index in [1.807, 2.05) is 27.7 Å². The zero-order chi connectivity index (χ0) is 19.7. The molecule has 0 aliphatic carbocycles. The van der Waals surface area contributed by atoms with E-state index in [-0.39, 0.29) is 30.3 Å². The van der Waals surface area contributed by atoms with Gasteiger partial charge in [-0.1, -0.05) is 0 Å². The number of carbonyl (C=O) groups is 1. The molecule has 1 amide bonds. The summed E-state index contributed by atoms with van der Waals surface area (Å²) in [6.45, 7) is 10.8. The molecule has 3 rings (SSSR count). The molecule has 3 aliphatic heterocycles. The molecule has 3 fully saturated rings. The Bertz CT molecular complexity index is 524. The van der Waals surface area contributed by atoms with Gasteiger partial charge in [-0.15, -0.1) is 0 Å². The smallest absolute Gasteiger partial charge is 0.216 e. The highest BCUT2D eigenvalue weighted by Crippen LogP contribution is 2.41. The number of rotatable bonds is 8. The predicted molar refractivity (Wildman–Crippen MR) is 95.9 cm³/mol. The lowest BCUT2D eigenvalue weighted by Gasteiger charge is -2.29. The summed E-state index contributed by atoms with van der Waals surface area (Å²) >= 11 is 0. The lowest BCUT2D eigenvalue weighted by atomic mass is 10.1. The van der Waals surface area contributed by atoms with Crippen molar-refractivity contribution in [3.8, 4) is 0 Å². The van der Waals surface area contributed by atoms with E-state index < -0.39 is 17.9 Å². The van der Waals surface area contributed by atoms with E-state index in [1.54, 1.807) is 0 Å². The molecule has 0 bridgehead atoms. The molecule has 3 aliphatic rings. The summed E-state index contributed by atoms with van der Waals surface area (Å²) in [5, 5.41) is 2.80. The van der Waals surface area contributed by atoms with Crippen molar-refractivity contribution in [1.82, 2.24) is 5.32 Å². The van der Waals surface area contributed by atoms with E-state index in [0.29, 0.717) is 19.8 Å². The normalized spacial score (nSPS) is 36.7. The maximum absolute atomic E-state index is 10.9. The van der Waals surface area contributed by atoms with Gasteiger partial charge in [0.05, 0.1) is 6.61 Å². The number of nitrogens with one attached hydrogen (secondary N) is 1. The third kappa shape index (κ3) is 5.40. The summed E-state index contributed by atoms with van der Waals surface area (Å²) in [5.41, 5.74) is 0. The highest BCUT2D eigenvalue weighted by Gasteiger charge is 2.58. The molecule has 1 N–H and O–H groups in total. The van der Waals surface area contributed by atoms with Crippen molar-refractivity contribution < 1.29 is 33.2 Å². The number of ether oxygens (including phenoxy) is 6. The molecule has 0 aromatic heterocycles. The lowest BCUT2D eigenvalue weighted by molar-refractivity contribution is -0.236. The summed E-state index contributed by atoms with van der Waals surface area (Å²) in [5.74, 6) is -1.31. The molecule has 0 aromatic carbocycles. The SMILES string of the molecule is CC(=O)NCCCCCOC1C(C2COC(C)(C)O2)OC2OC(C)(C)OC21. The second-order valence-electron chi connectivity index (χ2n) is 8.32. The number of carbonyl (C=O) groups excluding carboxylic acids is 1. The van der Waals surface area contributed by atoms with Gasteiger partial charge in [-0.3, -0.25) is 4.79 Å². The van der Waals surface area contributed by atoms with Crippen LogP contribution < -0.4 is 5.32 Å². The molecule has 5 unspecified atom stereocenters. The summed E-state index contributed by atoms with van der Waals surface area (Å²) in [7, 11) is 0. The van der Waals surface area contributed by atoms with Crippen LogP contribution in [0.5, 0.6) is 0 Å². The molecule has 8 heteroatoms. The zero-order valence-corrected chi connectivity index (χ0v) is 17.0. The van der Waals surface area contributed by atoms with Crippen LogP contribution in [0.1, 0.15) is 53.9 Å². The van der Waals surface area contributed by atoms with Gasteiger partial charge in [-0.25, -0.2) is 0 Å². The highest BCUT2D eigenvalue weighted by atomic mass is 16.8. The van der Waals surface area contributed by atoms with E-state index >= 15 is 0 Å².